The summed E-state index contributed by atoms with van der Waals surface area (Å²) in [7, 11) is 1.37. The number of carbonyl (C=O) groups is 2. The third-order valence-corrected chi connectivity index (χ3v) is 4.20. The van der Waals surface area contributed by atoms with Crippen LogP contribution < -0.4 is 10.1 Å². The first-order valence-electron chi connectivity index (χ1n) is 8.64. The van der Waals surface area contributed by atoms with Crippen LogP contribution in [-0.4, -0.2) is 36.9 Å². The molecular formula is C21H17F3N2O3. The fourth-order valence-electron chi connectivity index (χ4n) is 2.63. The molecule has 8 heteroatoms. The Morgan fingerprint density at radius 1 is 0.966 bits per heavy atom. The molecule has 150 valence electrons. The van der Waals surface area contributed by atoms with Gasteiger partial charge in [0.25, 0.3) is 5.91 Å². The molecule has 0 aliphatic carbocycles. The van der Waals surface area contributed by atoms with E-state index in [4.69, 9.17) is 4.74 Å². The van der Waals surface area contributed by atoms with Gasteiger partial charge in [-0.2, -0.15) is 0 Å². The fourth-order valence-corrected chi connectivity index (χ4v) is 2.63. The van der Waals surface area contributed by atoms with E-state index in [9.17, 15) is 22.8 Å². The molecule has 3 aromatic rings. The Bertz CT molecular complexity index is 1070. The summed E-state index contributed by atoms with van der Waals surface area (Å²) in [5.41, 5.74) is -0.512. The normalized spacial score (nSPS) is 10.6. The monoisotopic (exact) mass is 402 g/mol. The quantitative estimate of drug-likeness (QED) is 0.640. The van der Waals surface area contributed by atoms with Gasteiger partial charge >= 0.3 is 0 Å². The number of halogens is 3. The van der Waals surface area contributed by atoms with Crippen molar-refractivity contribution in [2.24, 2.45) is 0 Å². The third-order valence-electron chi connectivity index (χ3n) is 4.20. The van der Waals surface area contributed by atoms with Crippen LogP contribution in [0.4, 0.5) is 18.9 Å². The molecule has 0 aromatic heterocycles. The zero-order chi connectivity index (χ0) is 21.0. The number of amides is 2. The second-order valence-corrected chi connectivity index (χ2v) is 6.32. The average molecular weight is 402 g/mol. The van der Waals surface area contributed by atoms with E-state index in [1.807, 2.05) is 30.3 Å². The number of benzene rings is 3. The van der Waals surface area contributed by atoms with Crippen molar-refractivity contribution in [2.75, 3.05) is 25.5 Å². The Kier molecular flexibility index (Phi) is 6.01. The Balaban J connectivity index is 1.54. The van der Waals surface area contributed by atoms with Crippen molar-refractivity contribution in [3.8, 4) is 5.75 Å². The van der Waals surface area contributed by atoms with E-state index >= 15 is 0 Å². The number of likely N-dealkylation sites (N-methyl/N-ethyl adjacent to an activating group) is 1. The fraction of sp³-hybridized carbons (Fsp3) is 0.143. The van der Waals surface area contributed by atoms with Gasteiger partial charge in [-0.15, -0.1) is 0 Å². The van der Waals surface area contributed by atoms with Gasteiger partial charge in [-0.25, -0.2) is 13.2 Å². The van der Waals surface area contributed by atoms with Crippen molar-refractivity contribution in [3.63, 3.8) is 0 Å². The molecule has 5 nitrogen and oxygen atoms in total. The Labute approximate surface area is 164 Å². The van der Waals surface area contributed by atoms with Gasteiger partial charge in [0.1, 0.15) is 5.75 Å². The van der Waals surface area contributed by atoms with Crippen molar-refractivity contribution in [1.29, 1.82) is 0 Å². The number of nitrogens with zero attached hydrogens (tertiary/aromatic N) is 1. The average Bonchev–Trinajstić information content (AvgIpc) is 2.72. The van der Waals surface area contributed by atoms with Gasteiger partial charge in [-0.3, -0.25) is 9.59 Å². The van der Waals surface area contributed by atoms with Gasteiger partial charge < -0.3 is 15.0 Å². The Morgan fingerprint density at radius 2 is 1.69 bits per heavy atom. The van der Waals surface area contributed by atoms with E-state index in [0.29, 0.717) is 11.8 Å². The molecule has 0 bridgehead atoms. The van der Waals surface area contributed by atoms with E-state index < -0.39 is 41.5 Å². The molecule has 0 aliphatic rings. The lowest BCUT2D eigenvalue weighted by Crippen LogP contribution is -2.37. The van der Waals surface area contributed by atoms with Crippen molar-refractivity contribution < 1.29 is 27.5 Å². The van der Waals surface area contributed by atoms with Crippen LogP contribution in [-0.2, 0) is 9.59 Å². The Morgan fingerprint density at radius 3 is 2.45 bits per heavy atom. The minimum Gasteiger partial charge on any atom is -0.484 e. The predicted molar refractivity (Wildman–Crippen MR) is 102 cm³/mol. The highest BCUT2D eigenvalue weighted by Crippen LogP contribution is 2.21. The van der Waals surface area contributed by atoms with Crippen LogP contribution in [0.2, 0.25) is 0 Å². The van der Waals surface area contributed by atoms with Crippen LogP contribution in [0.5, 0.6) is 5.75 Å². The largest absolute Gasteiger partial charge is 0.484 e. The van der Waals surface area contributed by atoms with Crippen LogP contribution in [0, 0.1) is 17.5 Å². The lowest BCUT2D eigenvalue weighted by Gasteiger charge is -2.17. The molecule has 0 saturated heterocycles. The first kappa shape index (κ1) is 20.2. The van der Waals surface area contributed by atoms with Crippen molar-refractivity contribution in [3.05, 3.63) is 72.0 Å². The molecular weight excluding hydrogens is 385 g/mol. The van der Waals surface area contributed by atoms with Crippen molar-refractivity contribution in [1.82, 2.24) is 4.90 Å². The minimum atomic E-state index is -1.68. The molecule has 3 aromatic carbocycles. The summed E-state index contributed by atoms with van der Waals surface area (Å²) in [6.07, 6.45) is 0. The maximum Gasteiger partial charge on any atom is 0.260 e. The van der Waals surface area contributed by atoms with Gasteiger partial charge in [-0.1, -0.05) is 30.3 Å². The van der Waals surface area contributed by atoms with E-state index in [-0.39, 0.29) is 6.61 Å². The van der Waals surface area contributed by atoms with Crippen LogP contribution >= 0.6 is 0 Å². The van der Waals surface area contributed by atoms with Crippen molar-refractivity contribution >= 4 is 28.3 Å². The number of ether oxygens (including phenoxy) is 1. The molecule has 2 amide bonds. The predicted octanol–water partition coefficient (Wildman–Crippen LogP) is 3.73. The maximum absolute atomic E-state index is 13.6. The summed E-state index contributed by atoms with van der Waals surface area (Å²) in [6.45, 7) is -0.722. The second-order valence-electron chi connectivity index (χ2n) is 6.32. The summed E-state index contributed by atoms with van der Waals surface area (Å²) in [5.74, 6) is -5.31. The summed E-state index contributed by atoms with van der Waals surface area (Å²) < 4.78 is 45.2. The molecule has 3 rings (SSSR count). The number of carbonyl (C=O) groups excluding carboxylic acids is 2. The van der Waals surface area contributed by atoms with Gasteiger partial charge in [0.2, 0.25) is 5.91 Å². The summed E-state index contributed by atoms with van der Waals surface area (Å²) in [5, 5.41) is 4.09. The smallest absolute Gasteiger partial charge is 0.260 e. The molecule has 0 aliphatic heterocycles. The zero-order valence-corrected chi connectivity index (χ0v) is 15.4. The zero-order valence-electron chi connectivity index (χ0n) is 15.4. The molecule has 0 heterocycles. The number of hydrogen-bond acceptors (Lipinski definition) is 3. The lowest BCUT2D eigenvalue weighted by molar-refractivity contribution is -0.135. The van der Waals surface area contributed by atoms with Gasteiger partial charge in [0.15, 0.2) is 24.1 Å². The molecule has 1 N–H and O–H groups in total. The van der Waals surface area contributed by atoms with E-state index in [1.54, 1.807) is 12.1 Å². The topological polar surface area (TPSA) is 58.6 Å². The highest BCUT2D eigenvalue weighted by molar-refractivity contribution is 5.94. The number of rotatable bonds is 6. The van der Waals surface area contributed by atoms with Crippen LogP contribution in [0.3, 0.4) is 0 Å². The molecule has 0 radical (unpaired) electrons. The highest BCUT2D eigenvalue weighted by Gasteiger charge is 2.18. The highest BCUT2D eigenvalue weighted by atomic mass is 19.2. The summed E-state index contributed by atoms with van der Waals surface area (Å²) in [6, 6.07) is 14.6. The number of anilines is 1. The summed E-state index contributed by atoms with van der Waals surface area (Å²) >= 11 is 0. The second kappa shape index (κ2) is 8.64. The van der Waals surface area contributed by atoms with Crippen LogP contribution in [0.25, 0.3) is 10.8 Å². The Hall–Kier alpha value is -3.55. The molecule has 0 atom stereocenters. The molecule has 0 fully saturated rings. The molecule has 0 saturated carbocycles. The standard InChI is InChI=1S/C21H17F3N2O3/c1-26(11-18(27)25-17-9-8-16(22)20(23)21(17)24)19(28)12-29-15-7-6-13-4-2-3-5-14(13)10-15/h2-10H,11-12H2,1H3,(H,25,27). The van der Waals surface area contributed by atoms with Crippen LogP contribution in [0.15, 0.2) is 54.6 Å². The van der Waals surface area contributed by atoms with E-state index in [2.05, 4.69) is 5.32 Å². The minimum absolute atomic E-state index is 0.304. The van der Waals surface area contributed by atoms with Crippen LogP contribution in [0.1, 0.15) is 0 Å². The SMILES string of the molecule is CN(CC(=O)Nc1ccc(F)c(F)c1F)C(=O)COc1ccc2ccccc2c1. The van der Waals surface area contributed by atoms with E-state index in [0.717, 1.165) is 21.7 Å². The van der Waals surface area contributed by atoms with E-state index in [1.165, 1.54) is 7.05 Å². The van der Waals surface area contributed by atoms with Crippen molar-refractivity contribution in [2.45, 2.75) is 0 Å². The number of fused-ring (bicyclic) bond motifs is 1. The molecule has 29 heavy (non-hydrogen) atoms. The van der Waals surface area contributed by atoms with Gasteiger partial charge in [0, 0.05) is 7.05 Å². The maximum atomic E-state index is 13.6. The first-order chi connectivity index (χ1) is 13.8. The summed E-state index contributed by atoms with van der Waals surface area (Å²) in [4.78, 5) is 25.2. The third kappa shape index (κ3) is 4.84. The molecule has 0 spiro atoms. The number of hydrogen-bond donors (Lipinski definition) is 1. The lowest BCUT2D eigenvalue weighted by atomic mass is 10.1. The van der Waals surface area contributed by atoms with Gasteiger partial charge in [0.05, 0.1) is 12.2 Å². The first-order valence-corrected chi connectivity index (χ1v) is 8.64. The number of nitrogens with one attached hydrogen (secondary N) is 1. The molecule has 0 unspecified atom stereocenters. The van der Waals surface area contributed by atoms with Gasteiger partial charge in [-0.05, 0) is 35.0 Å².